The Kier molecular flexibility index (Phi) is 6.51. The van der Waals surface area contributed by atoms with E-state index in [0.29, 0.717) is 24.6 Å². The van der Waals surface area contributed by atoms with E-state index in [2.05, 4.69) is 20.2 Å². The lowest BCUT2D eigenvalue weighted by molar-refractivity contribution is -0.139. The number of ether oxygens (including phenoxy) is 2. The van der Waals surface area contributed by atoms with E-state index < -0.39 is 0 Å². The number of hydrogen-bond donors (Lipinski definition) is 1. The molecule has 2 aromatic heterocycles. The second-order valence-electron chi connectivity index (χ2n) is 6.73. The molecular weight excluding hydrogens is 414 g/mol. The fourth-order valence-corrected chi connectivity index (χ4v) is 4.00. The molecule has 0 aliphatic heterocycles. The standard InChI is InChI=1S/C22H23N5O3S/c1-3-30-21(28)14-31-22-26-25-20(27(22)15-8-10-16(29-2)11-9-15)13-12-19-23-17-6-4-5-7-18(17)24-19/h4-11H,3,12-14H2,1-2H3,(H,23,24). The lowest BCUT2D eigenvalue weighted by Crippen LogP contribution is -2.09. The van der Waals surface area contributed by atoms with E-state index in [4.69, 9.17) is 9.47 Å². The lowest BCUT2D eigenvalue weighted by atomic mass is 10.2. The average Bonchev–Trinajstić information content (AvgIpc) is 3.40. The smallest absolute Gasteiger partial charge is 0.316 e. The number of carbonyl (C=O) groups is 1. The van der Waals surface area contributed by atoms with Crippen molar-refractivity contribution < 1.29 is 14.3 Å². The highest BCUT2D eigenvalue weighted by Gasteiger charge is 2.17. The Morgan fingerprint density at radius 3 is 2.65 bits per heavy atom. The molecule has 160 valence electrons. The van der Waals surface area contributed by atoms with Crippen LogP contribution in [0.4, 0.5) is 0 Å². The first kappa shape index (κ1) is 20.9. The minimum absolute atomic E-state index is 0.172. The number of benzene rings is 2. The summed E-state index contributed by atoms with van der Waals surface area (Å²) >= 11 is 1.31. The number of nitrogens with zero attached hydrogens (tertiary/aromatic N) is 4. The van der Waals surface area contributed by atoms with Gasteiger partial charge in [-0.25, -0.2) is 4.98 Å². The van der Waals surface area contributed by atoms with Crippen molar-refractivity contribution in [1.82, 2.24) is 24.7 Å². The van der Waals surface area contributed by atoms with Crippen LogP contribution in [0, 0.1) is 0 Å². The fourth-order valence-electron chi connectivity index (χ4n) is 3.23. The van der Waals surface area contributed by atoms with Crippen molar-refractivity contribution in [2.75, 3.05) is 19.5 Å². The summed E-state index contributed by atoms with van der Waals surface area (Å²) in [7, 11) is 1.63. The van der Waals surface area contributed by atoms with Crippen molar-refractivity contribution in [3.63, 3.8) is 0 Å². The number of aryl methyl sites for hydroxylation is 2. The summed E-state index contributed by atoms with van der Waals surface area (Å²) in [6.45, 7) is 2.14. The van der Waals surface area contributed by atoms with Gasteiger partial charge in [0.2, 0.25) is 0 Å². The third-order valence-electron chi connectivity index (χ3n) is 4.68. The van der Waals surface area contributed by atoms with Gasteiger partial charge in [0, 0.05) is 18.5 Å². The van der Waals surface area contributed by atoms with Crippen molar-refractivity contribution in [3.05, 3.63) is 60.2 Å². The second kappa shape index (κ2) is 9.65. The van der Waals surface area contributed by atoms with Gasteiger partial charge in [0.15, 0.2) is 5.16 Å². The molecule has 0 amide bonds. The molecule has 0 radical (unpaired) electrons. The van der Waals surface area contributed by atoms with Gasteiger partial charge in [-0.05, 0) is 43.3 Å². The second-order valence-corrected chi connectivity index (χ2v) is 7.67. The number of carbonyl (C=O) groups excluding carboxylic acids is 1. The fraction of sp³-hybridized carbons (Fsp3) is 0.273. The average molecular weight is 438 g/mol. The molecule has 9 heteroatoms. The predicted molar refractivity (Wildman–Crippen MR) is 119 cm³/mol. The number of aromatic amines is 1. The normalized spacial score (nSPS) is 11.0. The van der Waals surface area contributed by atoms with E-state index >= 15 is 0 Å². The molecule has 2 aromatic carbocycles. The van der Waals surface area contributed by atoms with Crippen LogP contribution in [0.2, 0.25) is 0 Å². The molecule has 0 saturated heterocycles. The minimum atomic E-state index is -0.277. The van der Waals surface area contributed by atoms with E-state index in [1.807, 2.05) is 53.1 Å². The van der Waals surface area contributed by atoms with E-state index in [1.165, 1.54) is 11.8 Å². The van der Waals surface area contributed by atoms with Crippen LogP contribution in [0.25, 0.3) is 16.7 Å². The number of fused-ring (bicyclic) bond motifs is 1. The van der Waals surface area contributed by atoms with Crippen LogP contribution in [0.5, 0.6) is 5.75 Å². The van der Waals surface area contributed by atoms with Crippen LogP contribution in [-0.2, 0) is 22.4 Å². The zero-order valence-corrected chi connectivity index (χ0v) is 18.2. The van der Waals surface area contributed by atoms with Crippen molar-refractivity contribution in [1.29, 1.82) is 0 Å². The molecule has 0 bridgehead atoms. The first-order chi connectivity index (χ1) is 15.2. The topological polar surface area (TPSA) is 94.9 Å². The molecule has 1 N–H and O–H groups in total. The summed E-state index contributed by atoms with van der Waals surface area (Å²) in [5.74, 6) is 2.34. The monoisotopic (exact) mass is 437 g/mol. The summed E-state index contributed by atoms with van der Waals surface area (Å²) in [5.41, 5.74) is 2.86. The number of esters is 1. The van der Waals surface area contributed by atoms with Gasteiger partial charge in [0.05, 0.1) is 30.5 Å². The Morgan fingerprint density at radius 1 is 1.10 bits per heavy atom. The number of H-pyrrole nitrogens is 1. The molecule has 2 heterocycles. The SMILES string of the molecule is CCOC(=O)CSc1nnc(CCc2nc3ccccc3[nH]2)n1-c1ccc(OC)cc1. The molecule has 0 spiro atoms. The number of imidazole rings is 1. The summed E-state index contributed by atoms with van der Waals surface area (Å²) in [5, 5.41) is 9.36. The van der Waals surface area contributed by atoms with Crippen molar-refractivity contribution >= 4 is 28.8 Å². The lowest BCUT2D eigenvalue weighted by Gasteiger charge is -2.10. The molecule has 8 nitrogen and oxygen atoms in total. The first-order valence-electron chi connectivity index (χ1n) is 9.98. The van der Waals surface area contributed by atoms with Crippen LogP contribution in [0.1, 0.15) is 18.6 Å². The number of para-hydroxylation sites is 2. The Bertz CT molecular complexity index is 1140. The first-order valence-corrected chi connectivity index (χ1v) is 11.0. The van der Waals surface area contributed by atoms with Gasteiger partial charge < -0.3 is 14.5 Å². The predicted octanol–water partition coefficient (Wildman–Crippen LogP) is 3.59. The number of rotatable bonds is 9. The van der Waals surface area contributed by atoms with Crippen LogP contribution >= 0.6 is 11.8 Å². The van der Waals surface area contributed by atoms with Crippen LogP contribution < -0.4 is 4.74 Å². The Labute approximate surface area is 184 Å². The summed E-state index contributed by atoms with van der Waals surface area (Å²) in [6.07, 6.45) is 1.32. The molecule has 0 unspecified atom stereocenters. The zero-order chi connectivity index (χ0) is 21.6. The van der Waals surface area contributed by atoms with Gasteiger partial charge in [-0.1, -0.05) is 23.9 Å². The number of methoxy groups -OCH3 is 1. The summed E-state index contributed by atoms with van der Waals surface area (Å²) < 4.78 is 12.3. The largest absolute Gasteiger partial charge is 0.497 e. The molecule has 4 aromatic rings. The highest BCUT2D eigenvalue weighted by Crippen LogP contribution is 2.25. The quantitative estimate of drug-likeness (QED) is 0.316. The minimum Gasteiger partial charge on any atom is -0.497 e. The van der Waals surface area contributed by atoms with Gasteiger partial charge >= 0.3 is 5.97 Å². The summed E-state index contributed by atoms with van der Waals surface area (Å²) in [4.78, 5) is 19.8. The zero-order valence-electron chi connectivity index (χ0n) is 17.4. The van der Waals surface area contributed by atoms with Crippen molar-refractivity contribution in [2.24, 2.45) is 0 Å². The number of thioether (sulfide) groups is 1. The van der Waals surface area contributed by atoms with Crippen LogP contribution in [0.15, 0.2) is 53.7 Å². The van der Waals surface area contributed by atoms with Crippen molar-refractivity contribution in [2.45, 2.75) is 24.9 Å². The van der Waals surface area contributed by atoms with Crippen molar-refractivity contribution in [3.8, 4) is 11.4 Å². The van der Waals surface area contributed by atoms with E-state index in [0.717, 1.165) is 34.1 Å². The van der Waals surface area contributed by atoms with Gasteiger partial charge in [0.25, 0.3) is 0 Å². The Morgan fingerprint density at radius 2 is 1.90 bits per heavy atom. The van der Waals surface area contributed by atoms with Gasteiger partial charge in [0.1, 0.15) is 17.4 Å². The van der Waals surface area contributed by atoms with E-state index in [-0.39, 0.29) is 11.7 Å². The highest BCUT2D eigenvalue weighted by molar-refractivity contribution is 7.99. The molecule has 0 atom stereocenters. The number of nitrogens with one attached hydrogen (secondary N) is 1. The van der Waals surface area contributed by atoms with Gasteiger partial charge in [-0.15, -0.1) is 10.2 Å². The Hall–Kier alpha value is -3.33. The van der Waals surface area contributed by atoms with Gasteiger partial charge in [-0.3, -0.25) is 9.36 Å². The molecule has 4 rings (SSSR count). The molecule has 0 saturated carbocycles. The third kappa shape index (κ3) is 4.88. The highest BCUT2D eigenvalue weighted by atomic mass is 32.2. The maximum absolute atomic E-state index is 11.8. The van der Waals surface area contributed by atoms with Gasteiger partial charge in [-0.2, -0.15) is 0 Å². The molecule has 31 heavy (non-hydrogen) atoms. The third-order valence-corrected chi connectivity index (χ3v) is 5.58. The van der Waals surface area contributed by atoms with Crippen LogP contribution in [-0.4, -0.2) is 50.2 Å². The summed E-state index contributed by atoms with van der Waals surface area (Å²) in [6, 6.07) is 15.6. The maximum Gasteiger partial charge on any atom is 0.316 e. The molecular formula is C22H23N5O3S. The maximum atomic E-state index is 11.8. The van der Waals surface area contributed by atoms with Crippen LogP contribution in [0.3, 0.4) is 0 Å². The Balaban J connectivity index is 1.58. The molecule has 0 fully saturated rings. The van der Waals surface area contributed by atoms with E-state index in [1.54, 1.807) is 14.0 Å². The molecule has 0 aliphatic rings. The van der Waals surface area contributed by atoms with E-state index in [9.17, 15) is 4.79 Å². The molecule has 0 aliphatic carbocycles. The number of aromatic nitrogens is 5. The number of hydrogen-bond acceptors (Lipinski definition) is 7.